The topological polar surface area (TPSA) is 79.7 Å². The van der Waals surface area contributed by atoms with E-state index >= 15 is 0 Å². The van der Waals surface area contributed by atoms with Gasteiger partial charge in [-0.25, -0.2) is 4.98 Å². The summed E-state index contributed by atoms with van der Waals surface area (Å²) in [6.07, 6.45) is 0. The number of aryl methyl sites for hydroxylation is 2. The normalized spacial score (nSPS) is 16.4. The first-order valence-corrected chi connectivity index (χ1v) is 11.8. The van der Waals surface area contributed by atoms with Crippen molar-refractivity contribution in [3.05, 3.63) is 86.6 Å². The number of aromatic nitrogens is 1. The predicted molar refractivity (Wildman–Crippen MR) is 134 cm³/mol. The van der Waals surface area contributed by atoms with Crippen LogP contribution in [0.3, 0.4) is 0 Å². The molecule has 176 valence electrons. The highest BCUT2D eigenvalue weighted by Crippen LogP contribution is 2.43. The summed E-state index contributed by atoms with van der Waals surface area (Å²) in [6, 6.07) is 14.1. The molecule has 1 unspecified atom stereocenters. The summed E-state index contributed by atoms with van der Waals surface area (Å²) >= 11 is 1.27. The number of hydrogen-bond acceptors (Lipinski definition) is 6. The largest absolute Gasteiger partial charge is 0.503 e. The molecule has 0 bridgehead atoms. The van der Waals surface area contributed by atoms with Crippen molar-refractivity contribution in [1.29, 1.82) is 0 Å². The van der Waals surface area contributed by atoms with E-state index in [2.05, 4.69) is 25.8 Å². The van der Waals surface area contributed by atoms with E-state index in [0.717, 1.165) is 16.1 Å². The Morgan fingerprint density at radius 3 is 2.18 bits per heavy atom. The molecule has 1 aliphatic heterocycles. The van der Waals surface area contributed by atoms with E-state index in [-0.39, 0.29) is 16.8 Å². The second kappa shape index (κ2) is 8.72. The predicted octanol–water partition coefficient (Wildman–Crippen LogP) is 5.85. The van der Waals surface area contributed by atoms with Gasteiger partial charge in [-0.15, -0.1) is 11.3 Å². The van der Waals surface area contributed by atoms with Gasteiger partial charge >= 0.3 is 0 Å². The summed E-state index contributed by atoms with van der Waals surface area (Å²) in [5.74, 6) is -0.881. The lowest BCUT2D eigenvalue weighted by atomic mass is 9.85. The van der Waals surface area contributed by atoms with E-state index in [1.165, 1.54) is 16.2 Å². The Hall–Kier alpha value is -3.45. The number of Topliss-reactive ketones (excluding diaryl/α,β-unsaturated/α-hetero) is 1. The molecule has 34 heavy (non-hydrogen) atoms. The summed E-state index contributed by atoms with van der Waals surface area (Å²) in [5, 5.41) is 11.7. The average Bonchev–Trinajstić information content (AvgIpc) is 3.28. The number of thiazole rings is 1. The summed E-state index contributed by atoms with van der Waals surface area (Å²) < 4.78 is 5.25. The molecule has 1 aromatic heterocycles. The van der Waals surface area contributed by atoms with Crippen LogP contribution in [0.15, 0.2) is 59.9 Å². The van der Waals surface area contributed by atoms with E-state index in [1.807, 2.05) is 31.2 Å². The highest BCUT2D eigenvalue weighted by Gasteiger charge is 2.45. The molecule has 1 amide bonds. The number of carbonyl (C=O) groups excluding carboxylic acids is 2. The fraction of sp³-hybridized carbons (Fsp3) is 0.296. The minimum Gasteiger partial charge on any atom is -0.503 e. The van der Waals surface area contributed by atoms with Gasteiger partial charge in [0, 0.05) is 5.69 Å². The van der Waals surface area contributed by atoms with Gasteiger partial charge in [0.15, 0.2) is 5.76 Å². The van der Waals surface area contributed by atoms with Gasteiger partial charge in [-0.3, -0.25) is 14.5 Å². The van der Waals surface area contributed by atoms with Crippen LogP contribution in [0.4, 0.5) is 5.69 Å². The zero-order valence-electron chi connectivity index (χ0n) is 20.2. The number of aliphatic hydroxyl groups excluding tert-OH is 1. The SMILES string of the molecule is COc1ccc(N2C(=O)C(O)=C(C(=O)c3sc(C)nc3C)C2c2ccc(C(C)(C)C)cc2)cc1. The molecule has 2 aromatic carbocycles. The molecule has 0 fully saturated rings. The highest BCUT2D eigenvalue weighted by molar-refractivity contribution is 7.14. The summed E-state index contributed by atoms with van der Waals surface area (Å²) in [7, 11) is 1.57. The molecule has 0 saturated carbocycles. The van der Waals surface area contributed by atoms with Crippen molar-refractivity contribution >= 4 is 28.7 Å². The number of aliphatic hydroxyl groups is 1. The summed E-state index contributed by atoms with van der Waals surface area (Å²) in [6.45, 7) is 9.97. The minimum absolute atomic E-state index is 0.0480. The van der Waals surface area contributed by atoms with Gasteiger partial charge in [-0.2, -0.15) is 0 Å². The standard InChI is InChI=1S/C27H28N2O4S/c1-15-25(34-16(2)28-15)23(30)21-22(17-7-9-18(10-8-17)27(3,4)5)29(26(32)24(21)31)19-11-13-20(33-6)14-12-19/h7-14,22,31H,1-6H3. The lowest BCUT2D eigenvalue weighted by molar-refractivity contribution is -0.117. The number of ketones is 1. The molecular weight excluding hydrogens is 448 g/mol. The van der Waals surface area contributed by atoms with Gasteiger partial charge < -0.3 is 9.84 Å². The van der Waals surface area contributed by atoms with Gasteiger partial charge in [-0.1, -0.05) is 45.0 Å². The van der Waals surface area contributed by atoms with Crippen LogP contribution in [0.1, 0.15) is 58.3 Å². The van der Waals surface area contributed by atoms with Crippen LogP contribution in [0.25, 0.3) is 0 Å². The first kappa shape index (κ1) is 23.7. The Morgan fingerprint density at radius 2 is 1.68 bits per heavy atom. The third kappa shape index (κ3) is 4.12. The van der Waals surface area contributed by atoms with Gasteiger partial charge in [0.2, 0.25) is 5.78 Å². The number of anilines is 1. The van der Waals surface area contributed by atoms with E-state index in [4.69, 9.17) is 4.74 Å². The lowest BCUT2D eigenvalue weighted by Crippen LogP contribution is -2.31. The molecule has 0 saturated heterocycles. The van der Waals surface area contributed by atoms with Crippen LogP contribution in [0, 0.1) is 13.8 Å². The van der Waals surface area contributed by atoms with Crippen molar-refractivity contribution < 1.29 is 19.4 Å². The molecule has 1 N–H and O–H groups in total. The Labute approximate surface area is 203 Å². The number of methoxy groups -OCH3 is 1. The average molecular weight is 477 g/mol. The van der Waals surface area contributed by atoms with Gasteiger partial charge in [0.25, 0.3) is 5.91 Å². The maximum absolute atomic E-state index is 13.7. The monoisotopic (exact) mass is 476 g/mol. The Balaban J connectivity index is 1.87. The minimum atomic E-state index is -0.774. The number of benzene rings is 2. The number of rotatable bonds is 5. The maximum atomic E-state index is 13.7. The molecule has 7 heteroatoms. The zero-order valence-corrected chi connectivity index (χ0v) is 21.0. The fourth-order valence-electron chi connectivity index (χ4n) is 4.19. The number of nitrogens with zero attached hydrogens (tertiary/aromatic N) is 2. The molecule has 0 aliphatic carbocycles. The van der Waals surface area contributed by atoms with E-state index in [0.29, 0.717) is 22.0 Å². The van der Waals surface area contributed by atoms with Crippen LogP contribution in [-0.4, -0.2) is 28.9 Å². The molecule has 1 aliphatic rings. The number of hydrogen-bond donors (Lipinski definition) is 1. The smallest absolute Gasteiger partial charge is 0.294 e. The van der Waals surface area contributed by atoms with Crippen molar-refractivity contribution in [2.75, 3.05) is 12.0 Å². The molecule has 6 nitrogen and oxygen atoms in total. The summed E-state index contributed by atoms with van der Waals surface area (Å²) in [5.41, 5.74) is 3.03. The van der Waals surface area contributed by atoms with E-state index < -0.39 is 17.7 Å². The Kier molecular flexibility index (Phi) is 6.08. The Morgan fingerprint density at radius 1 is 1.06 bits per heavy atom. The maximum Gasteiger partial charge on any atom is 0.294 e. The van der Waals surface area contributed by atoms with Crippen molar-refractivity contribution in [2.24, 2.45) is 0 Å². The van der Waals surface area contributed by atoms with E-state index in [9.17, 15) is 14.7 Å². The Bertz CT molecular complexity index is 1280. The molecule has 0 radical (unpaired) electrons. The van der Waals surface area contributed by atoms with Crippen molar-refractivity contribution in [3.63, 3.8) is 0 Å². The first-order chi connectivity index (χ1) is 16.0. The molecule has 0 spiro atoms. The van der Waals surface area contributed by atoms with E-state index in [1.54, 1.807) is 38.3 Å². The molecular formula is C27H28N2O4S. The van der Waals surface area contributed by atoms with Crippen molar-refractivity contribution in [3.8, 4) is 5.75 Å². The summed E-state index contributed by atoms with van der Waals surface area (Å²) in [4.78, 5) is 33.3. The van der Waals surface area contributed by atoms with Gasteiger partial charge in [-0.05, 0) is 54.7 Å². The molecule has 4 rings (SSSR count). The second-order valence-electron chi connectivity index (χ2n) is 9.39. The number of ether oxygens (including phenoxy) is 1. The molecule has 1 atom stereocenters. The highest BCUT2D eigenvalue weighted by atomic mass is 32.1. The van der Waals surface area contributed by atoms with Gasteiger partial charge in [0.1, 0.15) is 5.75 Å². The molecule has 2 heterocycles. The quantitative estimate of drug-likeness (QED) is 0.467. The molecule has 3 aromatic rings. The van der Waals surface area contributed by atoms with Crippen LogP contribution in [0.5, 0.6) is 5.75 Å². The van der Waals surface area contributed by atoms with Gasteiger partial charge in [0.05, 0.1) is 34.3 Å². The zero-order chi connectivity index (χ0) is 24.8. The lowest BCUT2D eigenvalue weighted by Gasteiger charge is -2.28. The van der Waals surface area contributed by atoms with Crippen molar-refractivity contribution in [2.45, 2.75) is 46.1 Å². The number of amides is 1. The van der Waals surface area contributed by atoms with Crippen molar-refractivity contribution in [1.82, 2.24) is 4.98 Å². The third-order valence-electron chi connectivity index (χ3n) is 6.01. The second-order valence-corrected chi connectivity index (χ2v) is 10.6. The van der Waals surface area contributed by atoms with Crippen LogP contribution in [0.2, 0.25) is 0 Å². The van der Waals surface area contributed by atoms with Crippen LogP contribution < -0.4 is 9.64 Å². The van der Waals surface area contributed by atoms with Crippen LogP contribution >= 0.6 is 11.3 Å². The number of carbonyl (C=O) groups is 2. The third-order valence-corrected chi connectivity index (χ3v) is 7.08. The first-order valence-electron chi connectivity index (χ1n) is 11.0. The fourth-order valence-corrected chi connectivity index (χ4v) is 5.07. The van der Waals surface area contributed by atoms with Crippen LogP contribution in [-0.2, 0) is 10.2 Å².